The largest absolute Gasteiger partial charge is 0.614 e. The second-order valence-electron chi connectivity index (χ2n) is 6.44. The minimum absolute atomic E-state index is 0.0226. The molecule has 9 nitrogen and oxygen atoms in total. The summed E-state index contributed by atoms with van der Waals surface area (Å²) in [6.45, 7) is 0.919. The van der Waals surface area contributed by atoms with Gasteiger partial charge in [-0.25, -0.2) is 4.79 Å². The standard InChI is InChI=1S/C19H21NO8S/c1-11(21)27-9-13-10-29(24)18-16(26-3)17(22)20(18)15(13)19(23)28-8-12-5-4-6-14(7-12)25-2/h4-7,16,18H,8-10H2,1-3H3/t16-,18?,29?/m0/s1. The quantitative estimate of drug-likeness (QED) is 0.354. The maximum absolute atomic E-state index is 12.8. The van der Waals surface area contributed by atoms with Gasteiger partial charge in [0.1, 0.15) is 30.4 Å². The van der Waals surface area contributed by atoms with E-state index in [1.807, 2.05) is 0 Å². The molecule has 1 fully saturated rings. The van der Waals surface area contributed by atoms with Crippen molar-refractivity contribution in [2.24, 2.45) is 0 Å². The Kier molecular flexibility index (Phi) is 6.46. The normalized spacial score (nSPS) is 23.2. The van der Waals surface area contributed by atoms with Gasteiger partial charge in [0.15, 0.2) is 0 Å². The van der Waals surface area contributed by atoms with Gasteiger partial charge < -0.3 is 23.5 Å². The third-order valence-corrected chi connectivity index (χ3v) is 6.19. The van der Waals surface area contributed by atoms with Gasteiger partial charge in [0.05, 0.1) is 7.11 Å². The second-order valence-corrected chi connectivity index (χ2v) is 7.97. The molecule has 0 saturated carbocycles. The number of esters is 2. The van der Waals surface area contributed by atoms with E-state index in [0.29, 0.717) is 11.3 Å². The third-order valence-electron chi connectivity index (χ3n) is 4.56. The number of nitrogens with zero attached hydrogens (tertiary/aromatic N) is 1. The monoisotopic (exact) mass is 423 g/mol. The highest BCUT2D eigenvalue weighted by Gasteiger charge is 2.61. The van der Waals surface area contributed by atoms with Crippen LogP contribution in [0, 0.1) is 0 Å². The summed E-state index contributed by atoms with van der Waals surface area (Å²) in [6, 6.07) is 7.00. The minimum Gasteiger partial charge on any atom is -0.614 e. The Morgan fingerprint density at radius 1 is 1.24 bits per heavy atom. The molecule has 0 aromatic heterocycles. The van der Waals surface area contributed by atoms with Crippen molar-refractivity contribution in [2.45, 2.75) is 25.0 Å². The highest BCUT2D eigenvalue weighted by Crippen LogP contribution is 2.38. The van der Waals surface area contributed by atoms with Gasteiger partial charge in [0.25, 0.3) is 5.91 Å². The summed E-state index contributed by atoms with van der Waals surface area (Å²) in [4.78, 5) is 37.6. The number of methoxy groups -OCH3 is 2. The average molecular weight is 423 g/mol. The van der Waals surface area contributed by atoms with Crippen molar-refractivity contribution in [3.8, 4) is 5.75 Å². The molecule has 0 N–H and O–H groups in total. The van der Waals surface area contributed by atoms with E-state index in [1.165, 1.54) is 21.1 Å². The van der Waals surface area contributed by atoms with Crippen LogP contribution < -0.4 is 4.74 Å². The van der Waals surface area contributed by atoms with Crippen molar-refractivity contribution in [1.29, 1.82) is 0 Å². The van der Waals surface area contributed by atoms with E-state index in [2.05, 4.69) is 0 Å². The van der Waals surface area contributed by atoms with Crippen LogP contribution in [-0.4, -0.2) is 65.4 Å². The van der Waals surface area contributed by atoms with Gasteiger partial charge in [-0.15, -0.1) is 0 Å². The Bertz CT molecular complexity index is 854. The molecule has 2 unspecified atom stereocenters. The van der Waals surface area contributed by atoms with Gasteiger partial charge in [-0.2, -0.15) is 0 Å². The lowest BCUT2D eigenvalue weighted by Gasteiger charge is -2.48. The number of benzene rings is 1. The van der Waals surface area contributed by atoms with E-state index >= 15 is 0 Å². The van der Waals surface area contributed by atoms with Crippen LogP contribution in [0.5, 0.6) is 5.75 Å². The van der Waals surface area contributed by atoms with Crippen molar-refractivity contribution >= 4 is 29.0 Å². The fraction of sp³-hybridized carbons (Fsp3) is 0.421. The molecular formula is C19H21NO8S. The molecule has 156 valence electrons. The molecule has 1 saturated heterocycles. The Morgan fingerprint density at radius 2 is 2.00 bits per heavy atom. The summed E-state index contributed by atoms with van der Waals surface area (Å²) in [5.41, 5.74) is 0.922. The molecule has 1 aromatic carbocycles. The van der Waals surface area contributed by atoms with Crippen LogP contribution in [-0.2, 0) is 46.4 Å². The lowest BCUT2D eigenvalue weighted by Crippen LogP contribution is -2.70. The van der Waals surface area contributed by atoms with E-state index in [4.69, 9.17) is 18.9 Å². The molecule has 0 bridgehead atoms. The number of amides is 1. The first-order valence-corrected chi connectivity index (χ1v) is 10.1. The highest BCUT2D eigenvalue weighted by molar-refractivity contribution is 7.92. The molecule has 0 radical (unpaired) electrons. The third kappa shape index (κ3) is 4.24. The first kappa shape index (κ1) is 21.2. The average Bonchev–Trinajstić information content (AvgIpc) is 2.71. The van der Waals surface area contributed by atoms with E-state index in [1.54, 1.807) is 24.3 Å². The van der Waals surface area contributed by atoms with Crippen LogP contribution in [0.15, 0.2) is 35.5 Å². The molecule has 2 aliphatic rings. The van der Waals surface area contributed by atoms with Gasteiger partial charge in [0.2, 0.25) is 11.5 Å². The van der Waals surface area contributed by atoms with Crippen molar-refractivity contribution in [3.63, 3.8) is 0 Å². The highest BCUT2D eigenvalue weighted by atomic mass is 32.2. The van der Waals surface area contributed by atoms with Crippen molar-refractivity contribution in [3.05, 3.63) is 41.1 Å². The van der Waals surface area contributed by atoms with Crippen LogP contribution in [0.1, 0.15) is 12.5 Å². The van der Waals surface area contributed by atoms with E-state index in [-0.39, 0.29) is 30.2 Å². The molecule has 10 heteroatoms. The van der Waals surface area contributed by atoms with Crippen molar-refractivity contribution < 1.29 is 37.9 Å². The number of carbonyl (C=O) groups excluding carboxylic acids is 3. The smallest absolute Gasteiger partial charge is 0.355 e. The van der Waals surface area contributed by atoms with Gasteiger partial charge in [0, 0.05) is 19.6 Å². The fourth-order valence-corrected chi connectivity index (χ4v) is 4.85. The SMILES string of the molecule is COc1cccc(COC(=O)C2=C(COC(C)=O)C[S+]([O-])C3[C@@H](OC)C(=O)N23)c1. The van der Waals surface area contributed by atoms with Gasteiger partial charge in [-0.05, 0) is 28.9 Å². The Balaban J connectivity index is 1.83. The lowest BCUT2D eigenvalue weighted by atomic mass is 10.1. The Morgan fingerprint density at radius 3 is 2.66 bits per heavy atom. The number of β-lactam (4-membered cyclic amide) rings is 1. The Labute approximate surface area is 170 Å². The number of carbonyl (C=O) groups is 3. The summed E-state index contributed by atoms with van der Waals surface area (Å²) < 4.78 is 33.1. The van der Waals surface area contributed by atoms with Crippen molar-refractivity contribution in [1.82, 2.24) is 4.90 Å². The Hall–Kier alpha value is -2.56. The molecule has 3 atom stereocenters. The maximum Gasteiger partial charge on any atom is 0.355 e. The zero-order valence-electron chi connectivity index (χ0n) is 16.2. The van der Waals surface area contributed by atoms with E-state index in [0.717, 1.165) is 4.90 Å². The van der Waals surface area contributed by atoms with E-state index in [9.17, 15) is 18.9 Å². The number of hydrogen-bond acceptors (Lipinski definition) is 8. The molecule has 3 rings (SSSR count). The van der Waals surface area contributed by atoms with Gasteiger partial charge in [-0.3, -0.25) is 14.5 Å². The molecule has 0 spiro atoms. The van der Waals surface area contributed by atoms with Crippen LogP contribution in [0.2, 0.25) is 0 Å². The molecule has 2 heterocycles. The number of rotatable bonds is 7. The van der Waals surface area contributed by atoms with Crippen LogP contribution in [0.3, 0.4) is 0 Å². The van der Waals surface area contributed by atoms with Crippen LogP contribution >= 0.6 is 0 Å². The van der Waals surface area contributed by atoms with Crippen LogP contribution in [0.25, 0.3) is 0 Å². The zero-order chi connectivity index (χ0) is 21.1. The van der Waals surface area contributed by atoms with Gasteiger partial charge in [-0.1, -0.05) is 12.1 Å². The maximum atomic E-state index is 12.8. The molecule has 29 heavy (non-hydrogen) atoms. The summed E-state index contributed by atoms with van der Waals surface area (Å²) in [5.74, 6) is -1.22. The van der Waals surface area contributed by atoms with E-state index < -0.39 is 40.5 Å². The fourth-order valence-electron chi connectivity index (χ4n) is 3.16. The molecule has 1 amide bonds. The summed E-state index contributed by atoms with van der Waals surface area (Å²) in [5, 5.41) is -0.770. The summed E-state index contributed by atoms with van der Waals surface area (Å²) in [6.07, 6.45) is -0.882. The topological polar surface area (TPSA) is 114 Å². The second kappa shape index (κ2) is 8.85. The minimum atomic E-state index is -1.50. The number of fused-ring (bicyclic) bond motifs is 1. The molecule has 0 aliphatic carbocycles. The lowest BCUT2D eigenvalue weighted by molar-refractivity contribution is -0.164. The first-order valence-electron chi connectivity index (χ1n) is 8.75. The zero-order valence-corrected chi connectivity index (χ0v) is 17.0. The molecule has 2 aliphatic heterocycles. The first-order chi connectivity index (χ1) is 13.9. The summed E-state index contributed by atoms with van der Waals surface area (Å²) in [7, 11) is 2.87. The predicted octanol–water partition coefficient (Wildman–Crippen LogP) is 0.501. The molecular weight excluding hydrogens is 402 g/mol. The summed E-state index contributed by atoms with van der Waals surface area (Å²) >= 11 is -1.50. The van der Waals surface area contributed by atoms with Crippen molar-refractivity contribution in [2.75, 3.05) is 26.6 Å². The number of hydrogen-bond donors (Lipinski definition) is 0. The van der Waals surface area contributed by atoms with Gasteiger partial charge >= 0.3 is 11.9 Å². The predicted molar refractivity (Wildman–Crippen MR) is 101 cm³/mol. The molecule has 1 aromatic rings. The van der Waals surface area contributed by atoms with Crippen LogP contribution in [0.4, 0.5) is 0 Å². The number of ether oxygens (including phenoxy) is 4.